The zero-order valence-electron chi connectivity index (χ0n) is 7.36. The molecule has 0 saturated carbocycles. The van der Waals surface area contributed by atoms with Crippen molar-refractivity contribution in [3.8, 4) is 0 Å². The Morgan fingerprint density at radius 2 is 1.80 bits per heavy atom. The van der Waals surface area contributed by atoms with Crippen molar-refractivity contribution >= 4 is 0 Å². The van der Waals surface area contributed by atoms with Crippen molar-refractivity contribution < 1.29 is 0 Å². The van der Waals surface area contributed by atoms with Crippen LogP contribution in [0.4, 0.5) is 0 Å². The van der Waals surface area contributed by atoms with E-state index in [2.05, 4.69) is 17.2 Å². The van der Waals surface area contributed by atoms with Gasteiger partial charge in [0.15, 0.2) is 0 Å². The van der Waals surface area contributed by atoms with Gasteiger partial charge in [-0.25, -0.2) is 0 Å². The molecular weight excluding hydrogens is 124 g/mol. The fraction of sp³-hybridized carbons (Fsp3) is 0.500. The molecule has 0 aliphatic rings. The molecule has 0 bridgehead atoms. The molecule has 0 spiro atoms. The van der Waals surface area contributed by atoms with E-state index >= 15 is 0 Å². The minimum absolute atomic E-state index is 0.902. The molecule has 0 saturated heterocycles. The van der Waals surface area contributed by atoms with Crippen LogP contribution < -0.4 is 10.6 Å². The summed E-state index contributed by atoms with van der Waals surface area (Å²) in [5, 5.41) is 5.73. The molecular formula is C8H18N2. The van der Waals surface area contributed by atoms with Gasteiger partial charge in [-0.1, -0.05) is 20.4 Å². The van der Waals surface area contributed by atoms with Crippen LogP contribution in [0.25, 0.3) is 0 Å². The van der Waals surface area contributed by atoms with Crippen LogP contribution in [0.15, 0.2) is 24.6 Å². The number of hydrogen-bond donors (Lipinski definition) is 2. The molecule has 2 nitrogen and oxygen atoms in total. The van der Waals surface area contributed by atoms with Crippen LogP contribution in [-0.2, 0) is 0 Å². The minimum atomic E-state index is 0.902. The van der Waals surface area contributed by atoms with Crippen molar-refractivity contribution in [1.29, 1.82) is 0 Å². The highest BCUT2D eigenvalue weighted by Gasteiger charge is 1.73. The summed E-state index contributed by atoms with van der Waals surface area (Å²) in [6.07, 6.45) is 3.68. The molecule has 0 aromatic rings. The molecule has 2 N–H and O–H groups in total. The van der Waals surface area contributed by atoms with Crippen molar-refractivity contribution in [2.45, 2.75) is 13.8 Å². The second kappa shape index (κ2) is 11.0. The average Bonchev–Trinajstić information content (AvgIpc) is 2.04. The minimum Gasteiger partial charge on any atom is -0.394 e. The molecule has 0 radical (unpaired) electrons. The van der Waals surface area contributed by atoms with Gasteiger partial charge in [-0.2, -0.15) is 0 Å². The zero-order valence-corrected chi connectivity index (χ0v) is 7.36. The fourth-order valence-electron chi connectivity index (χ4n) is 0.267. The molecule has 0 fully saturated rings. The van der Waals surface area contributed by atoms with E-state index in [1.807, 2.05) is 40.2 Å². The lowest BCUT2D eigenvalue weighted by atomic mass is 10.5. The Hall–Kier alpha value is -0.920. The highest BCUT2D eigenvalue weighted by atomic mass is 14.8. The SMILES string of the molecule is C=C(/C=C/NC)NC.CC. The number of nitrogens with one attached hydrogen (secondary N) is 2. The molecule has 10 heavy (non-hydrogen) atoms. The van der Waals surface area contributed by atoms with Gasteiger partial charge in [0.25, 0.3) is 0 Å². The van der Waals surface area contributed by atoms with Crippen molar-refractivity contribution in [3.05, 3.63) is 24.6 Å². The van der Waals surface area contributed by atoms with Crippen LogP contribution in [0.5, 0.6) is 0 Å². The van der Waals surface area contributed by atoms with Gasteiger partial charge in [-0.15, -0.1) is 0 Å². The molecule has 0 unspecified atom stereocenters. The van der Waals surface area contributed by atoms with E-state index in [0.29, 0.717) is 0 Å². The summed E-state index contributed by atoms with van der Waals surface area (Å²) in [6, 6.07) is 0. The Morgan fingerprint density at radius 1 is 1.30 bits per heavy atom. The normalized spacial score (nSPS) is 8.00. The highest BCUT2D eigenvalue weighted by Crippen LogP contribution is 1.80. The monoisotopic (exact) mass is 142 g/mol. The van der Waals surface area contributed by atoms with Crippen LogP contribution in [-0.4, -0.2) is 14.1 Å². The van der Waals surface area contributed by atoms with Gasteiger partial charge in [0.05, 0.1) is 0 Å². The molecule has 2 heteroatoms. The molecule has 0 aliphatic carbocycles. The summed E-state index contributed by atoms with van der Waals surface area (Å²) in [5.74, 6) is 0. The second-order valence-electron chi connectivity index (χ2n) is 1.40. The summed E-state index contributed by atoms with van der Waals surface area (Å²) in [4.78, 5) is 0. The van der Waals surface area contributed by atoms with Crippen molar-refractivity contribution in [3.63, 3.8) is 0 Å². The molecule has 0 amide bonds. The lowest BCUT2D eigenvalue weighted by Gasteiger charge is -1.93. The maximum atomic E-state index is 3.67. The van der Waals surface area contributed by atoms with Crippen LogP contribution in [0.2, 0.25) is 0 Å². The first-order chi connectivity index (χ1) is 4.81. The van der Waals surface area contributed by atoms with E-state index in [1.54, 1.807) is 0 Å². The van der Waals surface area contributed by atoms with E-state index in [9.17, 15) is 0 Å². The summed E-state index contributed by atoms with van der Waals surface area (Å²) >= 11 is 0. The summed E-state index contributed by atoms with van der Waals surface area (Å²) in [7, 11) is 3.68. The maximum absolute atomic E-state index is 3.67. The third-order valence-electron chi connectivity index (χ3n) is 0.772. The van der Waals surface area contributed by atoms with Crippen molar-refractivity contribution in [2.75, 3.05) is 14.1 Å². The van der Waals surface area contributed by atoms with Gasteiger partial charge < -0.3 is 10.6 Å². The number of likely N-dealkylation sites (N-methyl/N-ethyl adjacent to an activating group) is 1. The van der Waals surface area contributed by atoms with Crippen molar-refractivity contribution in [1.82, 2.24) is 10.6 Å². The third kappa shape index (κ3) is 10.1. The topological polar surface area (TPSA) is 24.1 Å². The Labute approximate surface area is 64.0 Å². The first-order valence-electron chi connectivity index (χ1n) is 3.51. The fourth-order valence-corrected chi connectivity index (χ4v) is 0.267. The number of hydrogen-bond acceptors (Lipinski definition) is 2. The molecule has 0 atom stereocenters. The predicted octanol–water partition coefficient (Wildman–Crippen LogP) is 1.48. The summed E-state index contributed by atoms with van der Waals surface area (Å²) in [5.41, 5.74) is 0.902. The first kappa shape index (κ1) is 11.8. The Balaban J connectivity index is 0. The van der Waals surface area contributed by atoms with Crippen LogP contribution in [0.1, 0.15) is 13.8 Å². The quantitative estimate of drug-likeness (QED) is 0.583. The second-order valence-corrected chi connectivity index (χ2v) is 1.40. The number of rotatable bonds is 3. The van der Waals surface area contributed by atoms with E-state index in [4.69, 9.17) is 0 Å². The first-order valence-corrected chi connectivity index (χ1v) is 3.51. The van der Waals surface area contributed by atoms with E-state index in [1.165, 1.54) is 0 Å². The molecule has 0 heterocycles. The maximum Gasteiger partial charge on any atom is 0.0278 e. The summed E-state index contributed by atoms with van der Waals surface area (Å²) < 4.78 is 0. The van der Waals surface area contributed by atoms with Gasteiger partial charge in [-0.3, -0.25) is 0 Å². The molecule has 0 aliphatic heterocycles. The highest BCUT2D eigenvalue weighted by molar-refractivity contribution is 5.10. The van der Waals surface area contributed by atoms with E-state index < -0.39 is 0 Å². The standard InChI is InChI=1S/C6H12N2.C2H6/c1-6(8-3)4-5-7-2;1-2/h4-5,7-8H,1H2,2-3H3;1-2H3/b5-4+;. The van der Waals surface area contributed by atoms with Gasteiger partial charge in [-0.05, 0) is 12.3 Å². The van der Waals surface area contributed by atoms with Crippen LogP contribution in [0, 0.1) is 0 Å². The molecule has 60 valence electrons. The lowest BCUT2D eigenvalue weighted by molar-refractivity contribution is 1.02. The zero-order chi connectivity index (χ0) is 8.41. The van der Waals surface area contributed by atoms with Gasteiger partial charge >= 0.3 is 0 Å². The Bertz CT molecular complexity index is 95.4. The average molecular weight is 142 g/mol. The molecule has 0 aromatic carbocycles. The van der Waals surface area contributed by atoms with Crippen LogP contribution in [0.3, 0.4) is 0 Å². The van der Waals surface area contributed by atoms with E-state index in [-0.39, 0.29) is 0 Å². The van der Waals surface area contributed by atoms with Crippen LogP contribution >= 0.6 is 0 Å². The predicted molar refractivity (Wildman–Crippen MR) is 47.7 cm³/mol. The summed E-state index contributed by atoms with van der Waals surface area (Å²) in [6.45, 7) is 7.67. The smallest absolute Gasteiger partial charge is 0.0278 e. The third-order valence-corrected chi connectivity index (χ3v) is 0.772. The lowest BCUT2D eigenvalue weighted by Crippen LogP contribution is -2.02. The van der Waals surface area contributed by atoms with Gasteiger partial charge in [0.1, 0.15) is 0 Å². The number of allylic oxidation sites excluding steroid dienone is 1. The van der Waals surface area contributed by atoms with Crippen molar-refractivity contribution in [2.24, 2.45) is 0 Å². The van der Waals surface area contributed by atoms with Gasteiger partial charge in [0.2, 0.25) is 0 Å². The molecule has 0 rings (SSSR count). The Kier molecular flexibility index (Phi) is 13.0. The van der Waals surface area contributed by atoms with E-state index in [0.717, 1.165) is 5.70 Å². The van der Waals surface area contributed by atoms with Gasteiger partial charge in [0, 0.05) is 19.8 Å². The molecule has 0 aromatic heterocycles. The largest absolute Gasteiger partial charge is 0.394 e. The Morgan fingerprint density at radius 3 is 2.10 bits per heavy atom.